The van der Waals surface area contributed by atoms with Crippen LogP contribution in [0.25, 0.3) is 0 Å². The predicted octanol–water partition coefficient (Wildman–Crippen LogP) is 17.7. The topological polar surface area (TPSA) is 212 Å². The van der Waals surface area contributed by atoms with Gasteiger partial charge in [0.25, 0.3) is 0 Å². The zero-order valence-corrected chi connectivity index (χ0v) is 64.8. The van der Waals surface area contributed by atoms with E-state index in [1.54, 1.807) is 0 Å². The van der Waals surface area contributed by atoms with Gasteiger partial charge in [-0.2, -0.15) is 0 Å². The van der Waals surface area contributed by atoms with Crippen molar-refractivity contribution in [1.29, 1.82) is 0 Å². The molecular weight excluding hydrogens is 1230 g/mol. The first-order valence-corrected chi connectivity index (χ1v) is 41.0. The summed E-state index contributed by atoms with van der Waals surface area (Å²) in [6.45, 7) is 31.7. The van der Waals surface area contributed by atoms with E-state index in [9.17, 15) is 29.1 Å². The van der Waals surface area contributed by atoms with Gasteiger partial charge in [-0.3, -0.25) is 24.0 Å². The molecule has 14 nitrogen and oxygen atoms in total. The maximum absolute atomic E-state index is 12.8. The Bertz CT molecular complexity index is 2310. The number of hydrogen-bond acceptors (Lipinski definition) is 14. The molecule has 0 spiro atoms. The van der Waals surface area contributed by atoms with Crippen LogP contribution < -0.4 is 0 Å². The third-order valence-electron chi connectivity index (χ3n) is 27.3. The minimum atomic E-state index is -0.0845. The fourth-order valence-electron chi connectivity index (χ4n) is 21.4. The van der Waals surface area contributed by atoms with Crippen LogP contribution in [0.4, 0.5) is 0 Å². The molecule has 14 heteroatoms. The Balaban J connectivity index is 0.000000160. The van der Waals surface area contributed by atoms with Crippen LogP contribution in [0.1, 0.15) is 309 Å². The highest BCUT2D eigenvalue weighted by Gasteiger charge is 2.71. The maximum atomic E-state index is 12.8. The number of aliphatic hydroxyl groups is 4. The van der Waals surface area contributed by atoms with E-state index in [4.69, 9.17) is 34.3 Å². The predicted molar refractivity (Wildman–Crippen MR) is 388 cm³/mol. The van der Waals surface area contributed by atoms with Gasteiger partial charge in [-0.15, -0.1) is 0 Å². The first-order valence-electron chi connectivity index (χ1n) is 41.0. The SMILES string of the molecule is CC(C)OC(=O)C12CC3C4CC5(C)CC3C(C1)C(C5)C4C2.CC1CC(O)C1.CC1CC1O.CC1CCC(O)CC1.CC1CCCCC1O.CCCOC(=O)C1CC(C)C1.CCCOC(=O)C1CCCC(C)C1.CCOC(=O)C12CC3CC(C1)C(C)C(C3)C2.COC(=O)C1CCCC1C. The van der Waals surface area contributed by atoms with Crippen LogP contribution in [0.2, 0.25) is 0 Å². The number of ether oxygens (including phenoxy) is 5. The van der Waals surface area contributed by atoms with Gasteiger partial charge in [0.1, 0.15) is 0 Å². The number of carbonyl (C=O) groups excluding carboxylic acids is 5. The Morgan fingerprint density at radius 1 is 0.429 bits per heavy atom. The average molecular weight is 1380 g/mol. The summed E-state index contributed by atoms with van der Waals surface area (Å²) in [6, 6.07) is 0. The normalized spacial score (nSPS) is 42.8. The van der Waals surface area contributed by atoms with Gasteiger partial charge in [0.05, 0.1) is 86.0 Å². The van der Waals surface area contributed by atoms with Gasteiger partial charge in [-0.25, -0.2) is 0 Å². The first-order chi connectivity index (χ1) is 46.5. The van der Waals surface area contributed by atoms with Crippen molar-refractivity contribution in [3.8, 4) is 0 Å². The third kappa shape index (κ3) is 22.8. The molecule has 10 unspecified atom stereocenters. The van der Waals surface area contributed by atoms with Gasteiger partial charge >= 0.3 is 29.8 Å². The number of carbonyl (C=O) groups is 5. The minimum Gasteiger partial charge on any atom is -0.469 e. The first kappa shape index (κ1) is 82.5. The van der Waals surface area contributed by atoms with E-state index in [1.165, 1.54) is 97.0 Å². The van der Waals surface area contributed by atoms with Gasteiger partial charge in [0.2, 0.25) is 0 Å². The molecule has 18 fully saturated rings. The summed E-state index contributed by atoms with van der Waals surface area (Å²) in [4.78, 5) is 58.6. The van der Waals surface area contributed by atoms with E-state index < -0.39 is 0 Å². The molecule has 0 amide bonds. The standard InChI is InChI=1S/C19H28O2.C14H22O2.C11H20O2.C9H16O2.C8H14O2.2C7H14O.C5H10O.C4H8O/c1-10(2)21-17(20)19-7-14-11-4-18(3)5-12(14)16(9-19)13(6-18)15(11)8-19;1-3-16-13(15)14-6-10-4-11(7-14)9(2)12(5-10)8-14;1-3-7-13-11(12)10-6-4-5-9(2)8-10;1-3-4-11-9(10)8-5-7(2)6-8;1-6-4-3-5-7(6)8(9)10-2;1-6-2-4-7(8)5-3-6;1-6-4-2-3-5-7(6)8;1-4-2-5(6)3-4;1-3-2-4(3)5/h10-16H,4-9H2,1-3H3;9-12H,3-8H2,1-2H3;9-10H,3-8H2,1-2H3;7-8H,3-6H2,1-2H3;6-7H,3-5H2,1-2H3;2*6-8H,2-5H2,1H3;4-6H,2-3H2,1H3;3-5H,2H2,1H3. The zero-order chi connectivity index (χ0) is 71.8. The molecule has 0 saturated heterocycles. The van der Waals surface area contributed by atoms with E-state index in [2.05, 4.69) is 60.1 Å². The summed E-state index contributed by atoms with van der Waals surface area (Å²) in [6.07, 6.45) is 38.3. The van der Waals surface area contributed by atoms with Crippen LogP contribution in [0.5, 0.6) is 0 Å². The van der Waals surface area contributed by atoms with Crippen molar-refractivity contribution >= 4 is 29.8 Å². The molecule has 0 aliphatic heterocycles. The fraction of sp³-hybridized carbons (Fsp3) is 0.940. The molecule has 12 bridgehead atoms. The highest BCUT2D eigenvalue weighted by molar-refractivity contribution is 5.78. The Labute approximate surface area is 596 Å². The lowest BCUT2D eigenvalue weighted by atomic mass is 9.31. The van der Waals surface area contributed by atoms with Gasteiger partial charge in [0, 0.05) is 0 Å². The Hall–Kier alpha value is -2.81. The number of esters is 5. The van der Waals surface area contributed by atoms with Crippen molar-refractivity contribution in [2.75, 3.05) is 26.9 Å². The summed E-state index contributed by atoms with van der Waals surface area (Å²) in [7, 11) is 1.47. The van der Waals surface area contributed by atoms with Crippen molar-refractivity contribution < 1.29 is 68.1 Å². The number of aliphatic hydroxyl groups excluding tert-OH is 4. The van der Waals surface area contributed by atoms with E-state index in [0.717, 1.165) is 199 Å². The van der Waals surface area contributed by atoms with E-state index >= 15 is 0 Å². The fourth-order valence-corrected chi connectivity index (χ4v) is 21.4. The highest BCUT2D eigenvalue weighted by atomic mass is 16.6. The van der Waals surface area contributed by atoms with Gasteiger partial charge < -0.3 is 44.1 Å². The largest absolute Gasteiger partial charge is 0.469 e. The lowest BCUT2D eigenvalue weighted by Gasteiger charge is -2.74. The van der Waals surface area contributed by atoms with Crippen LogP contribution in [0.15, 0.2) is 0 Å². The average Bonchev–Trinajstić information content (AvgIpc) is 0.736. The second kappa shape index (κ2) is 38.3. The molecule has 0 aromatic heterocycles. The summed E-state index contributed by atoms with van der Waals surface area (Å²) < 4.78 is 25.8. The molecule has 0 heterocycles. The molecule has 18 aliphatic rings. The van der Waals surface area contributed by atoms with Crippen molar-refractivity contribution in [1.82, 2.24) is 0 Å². The molecule has 0 aromatic carbocycles. The van der Waals surface area contributed by atoms with Crippen molar-refractivity contribution in [2.24, 2.45) is 135 Å². The number of rotatable bonds is 11. The van der Waals surface area contributed by atoms with Crippen molar-refractivity contribution in [3.05, 3.63) is 0 Å². The maximum Gasteiger partial charge on any atom is 0.312 e. The van der Waals surface area contributed by atoms with Crippen LogP contribution in [0.3, 0.4) is 0 Å². The van der Waals surface area contributed by atoms with Crippen molar-refractivity contribution in [3.63, 3.8) is 0 Å². The van der Waals surface area contributed by atoms with Gasteiger partial charge in [-0.1, -0.05) is 108 Å². The monoisotopic (exact) mass is 1380 g/mol. The summed E-state index contributed by atoms with van der Waals surface area (Å²) in [5.74, 6) is 14.3. The van der Waals surface area contributed by atoms with Crippen LogP contribution in [0, 0.1) is 135 Å². The third-order valence-corrected chi connectivity index (χ3v) is 27.3. The Morgan fingerprint density at radius 2 is 0.898 bits per heavy atom. The number of hydrogen-bond donors (Lipinski definition) is 4. The van der Waals surface area contributed by atoms with Crippen molar-refractivity contribution in [2.45, 2.75) is 339 Å². The minimum absolute atomic E-state index is 0.00347. The lowest BCUT2D eigenvalue weighted by molar-refractivity contribution is -0.256. The highest BCUT2D eigenvalue weighted by Crippen LogP contribution is 2.77. The molecule has 0 aromatic rings. The van der Waals surface area contributed by atoms with Gasteiger partial charge in [0.15, 0.2) is 0 Å². The molecule has 18 rings (SSSR count). The summed E-state index contributed by atoms with van der Waals surface area (Å²) in [5, 5.41) is 35.3. The van der Waals surface area contributed by atoms with E-state index in [0.29, 0.717) is 48.9 Å². The zero-order valence-electron chi connectivity index (χ0n) is 64.8. The summed E-state index contributed by atoms with van der Waals surface area (Å²) in [5.41, 5.74) is 0.497. The molecular formula is C84H146O14. The van der Waals surface area contributed by atoms with E-state index in [-0.39, 0.29) is 89.0 Å². The number of methoxy groups -OCH3 is 1. The van der Waals surface area contributed by atoms with Crippen LogP contribution in [-0.4, -0.2) is 108 Å². The molecule has 98 heavy (non-hydrogen) atoms. The smallest absolute Gasteiger partial charge is 0.312 e. The quantitative estimate of drug-likeness (QED) is 0.112. The molecule has 10 atom stereocenters. The Kier molecular flexibility index (Phi) is 32.2. The van der Waals surface area contributed by atoms with Crippen LogP contribution >= 0.6 is 0 Å². The second-order valence-electron chi connectivity index (χ2n) is 36.5. The molecule has 18 saturated carbocycles. The molecule has 18 aliphatic carbocycles. The van der Waals surface area contributed by atoms with Crippen LogP contribution in [-0.2, 0) is 47.7 Å². The Morgan fingerprint density at radius 3 is 1.29 bits per heavy atom. The second-order valence-corrected chi connectivity index (χ2v) is 36.5. The molecule has 4 N–H and O–H groups in total. The van der Waals surface area contributed by atoms with Gasteiger partial charge in [-0.05, 0) is 307 Å². The molecule has 566 valence electrons. The lowest BCUT2D eigenvalue weighted by Crippen LogP contribution is -2.68. The summed E-state index contributed by atoms with van der Waals surface area (Å²) >= 11 is 0. The van der Waals surface area contributed by atoms with E-state index in [1.807, 2.05) is 41.5 Å². The molecule has 0 radical (unpaired) electrons.